The molecule has 1 fully saturated rings. The van der Waals surface area contributed by atoms with Gasteiger partial charge in [0.1, 0.15) is 5.15 Å². The van der Waals surface area contributed by atoms with E-state index in [1.165, 1.54) is 12.8 Å². The zero-order valence-corrected chi connectivity index (χ0v) is 11.8. The van der Waals surface area contributed by atoms with Gasteiger partial charge in [0.2, 0.25) is 11.9 Å². The standard InChI is InChI=1S/C13H19ClN4O/c1-9-8-11(14)17-13(16-9)18-12(19)6-5-10-4-2-3-7-15-10/h8,10,15H,2-7H2,1H3,(H,16,17,18,19). The van der Waals surface area contributed by atoms with E-state index in [-0.39, 0.29) is 11.9 Å². The van der Waals surface area contributed by atoms with Crippen molar-refractivity contribution in [2.45, 2.75) is 45.1 Å². The summed E-state index contributed by atoms with van der Waals surface area (Å²) in [6.45, 7) is 2.87. The Morgan fingerprint density at radius 2 is 2.37 bits per heavy atom. The Hall–Kier alpha value is -1.20. The Bertz CT molecular complexity index is 426. The van der Waals surface area contributed by atoms with Crippen LogP contribution in [0.25, 0.3) is 0 Å². The van der Waals surface area contributed by atoms with E-state index in [1.54, 1.807) is 6.07 Å². The SMILES string of the molecule is Cc1cc(Cl)nc(NC(=O)CCC2CCCCN2)n1. The third-order valence-corrected chi connectivity index (χ3v) is 3.40. The summed E-state index contributed by atoms with van der Waals surface area (Å²) in [5, 5.41) is 6.46. The van der Waals surface area contributed by atoms with Gasteiger partial charge in [0.15, 0.2) is 0 Å². The number of carbonyl (C=O) groups is 1. The number of hydrogen-bond donors (Lipinski definition) is 2. The number of aryl methyl sites for hydroxylation is 1. The average Bonchev–Trinajstić information content (AvgIpc) is 2.36. The first-order valence-corrected chi connectivity index (χ1v) is 7.06. The molecule has 1 aliphatic rings. The van der Waals surface area contributed by atoms with Gasteiger partial charge in [-0.3, -0.25) is 10.1 Å². The molecule has 1 unspecified atom stereocenters. The number of halogens is 1. The van der Waals surface area contributed by atoms with Crippen LogP contribution in [0.3, 0.4) is 0 Å². The van der Waals surface area contributed by atoms with Gasteiger partial charge in [0.25, 0.3) is 0 Å². The number of rotatable bonds is 4. The van der Waals surface area contributed by atoms with E-state index in [0.717, 1.165) is 25.1 Å². The van der Waals surface area contributed by atoms with E-state index in [4.69, 9.17) is 11.6 Å². The van der Waals surface area contributed by atoms with E-state index in [2.05, 4.69) is 20.6 Å². The Kier molecular flexibility index (Phi) is 5.10. The summed E-state index contributed by atoms with van der Waals surface area (Å²) in [6.07, 6.45) is 4.96. The van der Waals surface area contributed by atoms with Gasteiger partial charge < -0.3 is 5.32 Å². The molecule has 2 heterocycles. The minimum absolute atomic E-state index is 0.0611. The Morgan fingerprint density at radius 3 is 3.05 bits per heavy atom. The highest BCUT2D eigenvalue weighted by Crippen LogP contribution is 2.13. The highest BCUT2D eigenvalue weighted by atomic mass is 35.5. The molecular formula is C13H19ClN4O. The molecule has 0 spiro atoms. The number of nitrogens with one attached hydrogen (secondary N) is 2. The molecule has 0 bridgehead atoms. The second-order valence-electron chi connectivity index (χ2n) is 4.89. The second-order valence-corrected chi connectivity index (χ2v) is 5.28. The zero-order chi connectivity index (χ0) is 13.7. The van der Waals surface area contributed by atoms with Crippen molar-refractivity contribution in [2.75, 3.05) is 11.9 Å². The summed E-state index contributed by atoms with van der Waals surface area (Å²) in [5.41, 5.74) is 0.740. The fraction of sp³-hybridized carbons (Fsp3) is 0.615. The fourth-order valence-corrected chi connectivity index (χ4v) is 2.49. The fourth-order valence-electron chi connectivity index (χ4n) is 2.25. The lowest BCUT2D eigenvalue weighted by molar-refractivity contribution is -0.116. The summed E-state index contributed by atoms with van der Waals surface area (Å²) in [7, 11) is 0. The first-order chi connectivity index (χ1) is 9.13. The van der Waals surface area contributed by atoms with Gasteiger partial charge in [-0.25, -0.2) is 9.97 Å². The molecule has 1 aromatic heterocycles. The summed E-state index contributed by atoms with van der Waals surface area (Å²) in [4.78, 5) is 19.9. The van der Waals surface area contributed by atoms with Crippen molar-refractivity contribution in [1.82, 2.24) is 15.3 Å². The Labute approximate surface area is 118 Å². The van der Waals surface area contributed by atoms with Crippen LogP contribution < -0.4 is 10.6 Å². The van der Waals surface area contributed by atoms with Crippen LogP contribution in [0.4, 0.5) is 5.95 Å². The minimum Gasteiger partial charge on any atom is -0.314 e. The Morgan fingerprint density at radius 1 is 1.53 bits per heavy atom. The lowest BCUT2D eigenvalue weighted by Gasteiger charge is -2.22. The van der Waals surface area contributed by atoms with Crippen molar-refractivity contribution < 1.29 is 4.79 Å². The maximum absolute atomic E-state index is 11.8. The molecule has 1 amide bonds. The molecule has 2 rings (SSSR count). The van der Waals surface area contributed by atoms with Crippen LogP contribution in [0, 0.1) is 6.92 Å². The second kappa shape index (κ2) is 6.82. The highest BCUT2D eigenvalue weighted by Gasteiger charge is 2.14. The summed E-state index contributed by atoms with van der Waals surface area (Å²) < 4.78 is 0. The predicted octanol–water partition coefficient (Wildman–Crippen LogP) is 2.30. The normalized spacial score (nSPS) is 19.2. The van der Waals surface area contributed by atoms with Gasteiger partial charge in [-0.1, -0.05) is 18.0 Å². The first kappa shape index (κ1) is 14.2. The number of piperidine rings is 1. The average molecular weight is 283 g/mol. The maximum atomic E-state index is 11.8. The molecule has 0 aromatic carbocycles. The van der Waals surface area contributed by atoms with Crippen LogP contribution in [0.15, 0.2) is 6.07 Å². The van der Waals surface area contributed by atoms with E-state index >= 15 is 0 Å². The Balaban J connectivity index is 1.80. The quantitative estimate of drug-likeness (QED) is 0.832. The van der Waals surface area contributed by atoms with E-state index in [9.17, 15) is 4.79 Å². The third-order valence-electron chi connectivity index (χ3n) is 3.21. The van der Waals surface area contributed by atoms with Crippen LogP contribution in [0.2, 0.25) is 5.15 Å². The van der Waals surface area contributed by atoms with Crippen molar-refractivity contribution in [1.29, 1.82) is 0 Å². The van der Waals surface area contributed by atoms with Crippen LogP contribution in [-0.2, 0) is 4.79 Å². The first-order valence-electron chi connectivity index (χ1n) is 6.68. The van der Waals surface area contributed by atoms with Gasteiger partial charge in [-0.15, -0.1) is 0 Å². The number of hydrogen-bond acceptors (Lipinski definition) is 4. The number of carbonyl (C=O) groups excluding carboxylic acids is 1. The molecule has 104 valence electrons. The van der Waals surface area contributed by atoms with E-state index in [1.807, 2.05) is 6.92 Å². The smallest absolute Gasteiger partial charge is 0.231 e. The van der Waals surface area contributed by atoms with Gasteiger partial charge in [0.05, 0.1) is 0 Å². The van der Waals surface area contributed by atoms with Crippen LogP contribution in [0.5, 0.6) is 0 Å². The van der Waals surface area contributed by atoms with Gasteiger partial charge >= 0.3 is 0 Å². The molecule has 1 aliphatic heterocycles. The van der Waals surface area contributed by atoms with Crippen molar-refractivity contribution in [2.24, 2.45) is 0 Å². The number of amides is 1. The number of nitrogens with zero attached hydrogens (tertiary/aromatic N) is 2. The predicted molar refractivity (Wildman–Crippen MR) is 75.3 cm³/mol. The van der Waals surface area contributed by atoms with Crippen molar-refractivity contribution >= 4 is 23.5 Å². The summed E-state index contributed by atoms with van der Waals surface area (Å²) in [5.74, 6) is 0.223. The third kappa shape index (κ3) is 4.76. The maximum Gasteiger partial charge on any atom is 0.231 e. The number of anilines is 1. The van der Waals surface area contributed by atoms with E-state index < -0.39 is 0 Å². The monoisotopic (exact) mass is 282 g/mol. The van der Waals surface area contributed by atoms with Crippen LogP contribution in [0.1, 0.15) is 37.8 Å². The van der Waals surface area contributed by atoms with Crippen molar-refractivity contribution in [3.63, 3.8) is 0 Å². The molecule has 1 aromatic rings. The largest absolute Gasteiger partial charge is 0.314 e. The summed E-state index contributed by atoms with van der Waals surface area (Å²) >= 11 is 5.82. The lowest BCUT2D eigenvalue weighted by Crippen LogP contribution is -2.34. The number of aromatic nitrogens is 2. The van der Waals surface area contributed by atoms with Gasteiger partial charge in [-0.2, -0.15) is 0 Å². The molecule has 19 heavy (non-hydrogen) atoms. The molecule has 1 saturated heterocycles. The molecule has 6 heteroatoms. The molecule has 2 N–H and O–H groups in total. The van der Waals surface area contributed by atoms with Crippen LogP contribution in [-0.4, -0.2) is 28.5 Å². The molecule has 1 atom stereocenters. The lowest BCUT2D eigenvalue weighted by atomic mass is 10.0. The van der Waals surface area contributed by atoms with E-state index in [0.29, 0.717) is 17.6 Å². The van der Waals surface area contributed by atoms with Gasteiger partial charge in [-0.05, 0) is 38.8 Å². The molecule has 0 radical (unpaired) electrons. The molecule has 0 saturated carbocycles. The van der Waals surface area contributed by atoms with Crippen molar-refractivity contribution in [3.8, 4) is 0 Å². The molecule has 5 nitrogen and oxygen atoms in total. The minimum atomic E-state index is -0.0611. The molecular weight excluding hydrogens is 264 g/mol. The van der Waals surface area contributed by atoms with Crippen LogP contribution >= 0.6 is 11.6 Å². The summed E-state index contributed by atoms with van der Waals surface area (Å²) in [6, 6.07) is 2.12. The van der Waals surface area contributed by atoms with Crippen molar-refractivity contribution in [3.05, 3.63) is 16.9 Å². The topological polar surface area (TPSA) is 66.9 Å². The highest BCUT2D eigenvalue weighted by molar-refractivity contribution is 6.29. The zero-order valence-electron chi connectivity index (χ0n) is 11.1. The molecule has 0 aliphatic carbocycles. The van der Waals surface area contributed by atoms with Gasteiger partial charge in [0, 0.05) is 18.2 Å².